The fourth-order valence-corrected chi connectivity index (χ4v) is 2.67. The van der Waals surface area contributed by atoms with Crippen LogP contribution in [0.2, 0.25) is 0 Å². The summed E-state index contributed by atoms with van der Waals surface area (Å²) in [4.78, 5) is 11.8. The molecule has 1 atom stereocenters. The monoisotopic (exact) mass is 233 g/mol. The number of rotatable bonds is 2. The maximum Gasteiger partial charge on any atom is 0.250 e. The minimum atomic E-state index is 0.134. The van der Waals surface area contributed by atoms with Crippen molar-refractivity contribution in [1.82, 2.24) is 4.57 Å². The molecule has 0 aromatic carbocycles. The Morgan fingerprint density at radius 1 is 1.12 bits per heavy atom. The van der Waals surface area contributed by atoms with Gasteiger partial charge in [0.2, 0.25) is 0 Å². The summed E-state index contributed by atoms with van der Waals surface area (Å²) in [6.45, 7) is 0.854. The molecule has 2 aliphatic rings. The van der Waals surface area contributed by atoms with Crippen molar-refractivity contribution in [3.05, 3.63) is 34.2 Å². The van der Waals surface area contributed by atoms with Gasteiger partial charge in [0, 0.05) is 24.9 Å². The van der Waals surface area contributed by atoms with E-state index in [0.717, 1.165) is 25.9 Å². The van der Waals surface area contributed by atoms with Crippen molar-refractivity contribution in [1.29, 1.82) is 0 Å². The average Bonchev–Trinajstić information content (AvgIpc) is 2.31. The molecule has 1 aliphatic heterocycles. The lowest BCUT2D eigenvalue weighted by molar-refractivity contribution is 0.0143. The van der Waals surface area contributed by atoms with Gasteiger partial charge in [0.05, 0.1) is 6.10 Å². The van der Waals surface area contributed by atoms with E-state index in [9.17, 15) is 4.79 Å². The number of hydrogen-bond donors (Lipinski definition) is 0. The fraction of sp³-hybridized carbons (Fsp3) is 0.643. The standard InChI is InChI=1S/C14H19NO2/c16-14-8-7-11(13-6-1-2-9-17-13)10-15(14)12-4-3-5-12/h7-8,10,12-13H,1-6,9H2. The lowest BCUT2D eigenvalue weighted by Gasteiger charge is -2.29. The molecule has 0 amide bonds. The zero-order valence-corrected chi connectivity index (χ0v) is 10.1. The van der Waals surface area contributed by atoms with Crippen molar-refractivity contribution in [3.63, 3.8) is 0 Å². The summed E-state index contributed by atoms with van der Waals surface area (Å²) in [5.74, 6) is 0. The van der Waals surface area contributed by atoms with Crippen LogP contribution >= 0.6 is 0 Å². The molecule has 2 heterocycles. The van der Waals surface area contributed by atoms with E-state index in [1.54, 1.807) is 6.07 Å². The molecule has 0 N–H and O–H groups in total. The molecule has 17 heavy (non-hydrogen) atoms. The van der Waals surface area contributed by atoms with Gasteiger partial charge in [-0.05, 0) is 50.2 Å². The SMILES string of the molecule is O=c1ccc(C2CCCCO2)cn1C1CCC1. The number of nitrogens with zero attached hydrogens (tertiary/aromatic N) is 1. The first-order chi connectivity index (χ1) is 8.34. The van der Waals surface area contributed by atoms with Gasteiger partial charge in [-0.25, -0.2) is 0 Å². The Morgan fingerprint density at radius 3 is 2.65 bits per heavy atom. The van der Waals surface area contributed by atoms with E-state index in [2.05, 4.69) is 0 Å². The highest BCUT2D eigenvalue weighted by molar-refractivity contribution is 5.15. The van der Waals surface area contributed by atoms with Crippen molar-refractivity contribution in [3.8, 4) is 0 Å². The quantitative estimate of drug-likeness (QED) is 0.786. The van der Waals surface area contributed by atoms with Crippen LogP contribution in [0.5, 0.6) is 0 Å². The summed E-state index contributed by atoms with van der Waals surface area (Å²) in [5, 5.41) is 0. The molecule has 2 fully saturated rings. The molecule has 1 saturated heterocycles. The minimum absolute atomic E-state index is 0.134. The zero-order chi connectivity index (χ0) is 11.7. The second-order valence-corrected chi connectivity index (χ2v) is 5.15. The number of ether oxygens (including phenoxy) is 1. The predicted molar refractivity (Wildman–Crippen MR) is 66.1 cm³/mol. The highest BCUT2D eigenvalue weighted by atomic mass is 16.5. The molecule has 1 unspecified atom stereocenters. The molecule has 1 aliphatic carbocycles. The first kappa shape index (κ1) is 11.0. The van der Waals surface area contributed by atoms with Gasteiger partial charge < -0.3 is 9.30 Å². The van der Waals surface area contributed by atoms with E-state index in [4.69, 9.17) is 4.74 Å². The molecule has 3 heteroatoms. The summed E-state index contributed by atoms with van der Waals surface area (Å²) in [5.41, 5.74) is 1.31. The molecule has 0 radical (unpaired) electrons. The van der Waals surface area contributed by atoms with Crippen LogP contribution < -0.4 is 5.56 Å². The van der Waals surface area contributed by atoms with Crippen LogP contribution in [0, 0.1) is 0 Å². The van der Waals surface area contributed by atoms with Gasteiger partial charge in [0.15, 0.2) is 0 Å². The normalized spacial score (nSPS) is 25.5. The van der Waals surface area contributed by atoms with E-state index in [-0.39, 0.29) is 11.7 Å². The smallest absolute Gasteiger partial charge is 0.250 e. The van der Waals surface area contributed by atoms with Crippen LogP contribution in [-0.2, 0) is 4.74 Å². The molecule has 0 bridgehead atoms. The van der Waals surface area contributed by atoms with Gasteiger partial charge >= 0.3 is 0 Å². The Balaban J connectivity index is 1.86. The Hall–Kier alpha value is -1.09. The third-order valence-electron chi connectivity index (χ3n) is 3.98. The summed E-state index contributed by atoms with van der Waals surface area (Å²) in [6, 6.07) is 4.07. The largest absolute Gasteiger partial charge is 0.373 e. The predicted octanol–water partition coefficient (Wildman–Crippen LogP) is 2.81. The molecule has 3 rings (SSSR count). The molecule has 3 nitrogen and oxygen atoms in total. The third-order valence-corrected chi connectivity index (χ3v) is 3.98. The van der Waals surface area contributed by atoms with Crippen LogP contribution in [0.3, 0.4) is 0 Å². The highest BCUT2D eigenvalue weighted by Crippen LogP contribution is 2.32. The van der Waals surface area contributed by atoms with Crippen LogP contribution in [0.15, 0.2) is 23.1 Å². The topological polar surface area (TPSA) is 31.2 Å². The van der Waals surface area contributed by atoms with Crippen molar-refractivity contribution >= 4 is 0 Å². The van der Waals surface area contributed by atoms with E-state index in [1.807, 2.05) is 16.8 Å². The highest BCUT2D eigenvalue weighted by Gasteiger charge is 2.22. The van der Waals surface area contributed by atoms with E-state index >= 15 is 0 Å². The maximum absolute atomic E-state index is 11.8. The molecule has 92 valence electrons. The summed E-state index contributed by atoms with van der Waals surface area (Å²) in [6.07, 6.45) is 9.26. The lowest BCUT2D eigenvalue weighted by Crippen LogP contribution is -2.29. The first-order valence-corrected chi connectivity index (χ1v) is 6.68. The van der Waals surface area contributed by atoms with Crippen molar-refractivity contribution in [2.75, 3.05) is 6.61 Å². The van der Waals surface area contributed by atoms with E-state index in [1.165, 1.54) is 24.8 Å². The number of aromatic nitrogens is 1. The maximum atomic E-state index is 11.8. The Kier molecular flexibility index (Phi) is 3.02. The van der Waals surface area contributed by atoms with Gasteiger partial charge in [-0.1, -0.05) is 0 Å². The lowest BCUT2D eigenvalue weighted by atomic mass is 9.92. The zero-order valence-electron chi connectivity index (χ0n) is 10.1. The van der Waals surface area contributed by atoms with Gasteiger partial charge in [-0.15, -0.1) is 0 Å². The second-order valence-electron chi connectivity index (χ2n) is 5.15. The summed E-state index contributed by atoms with van der Waals surface area (Å²) in [7, 11) is 0. The van der Waals surface area contributed by atoms with Crippen molar-refractivity contribution in [2.24, 2.45) is 0 Å². The summed E-state index contributed by atoms with van der Waals surface area (Å²) < 4.78 is 7.69. The Labute approximate surface area is 101 Å². The van der Waals surface area contributed by atoms with Gasteiger partial charge in [0.1, 0.15) is 0 Å². The van der Waals surface area contributed by atoms with Gasteiger partial charge in [-0.2, -0.15) is 0 Å². The van der Waals surface area contributed by atoms with Crippen LogP contribution in [0.25, 0.3) is 0 Å². The molecule has 1 aromatic rings. The van der Waals surface area contributed by atoms with E-state index < -0.39 is 0 Å². The van der Waals surface area contributed by atoms with E-state index in [0.29, 0.717) is 6.04 Å². The summed E-state index contributed by atoms with van der Waals surface area (Å²) >= 11 is 0. The number of pyridine rings is 1. The first-order valence-electron chi connectivity index (χ1n) is 6.68. The minimum Gasteiger partial charge on any atom is -0.373 e. The molecular weight excluding hydrogens is 214 g/mol. The van der Waals surface area contributed by atoms with Gasteiger partial charge in [-0.3, -0.25) is 4.79 Å². The Bertz CT molecular complexity index is 442. The average molecular weight is 233 g/mol. The van der Waals surface area contributed by atoms with Crippen molar-refractivity contribution < 1.29 is 4.74 Å². The Morgan fingerprint density at radius 2 is 2.00 bits per heavy atom. The van der Waals surface area contributed by atoms with Crippen molar-refractivity contribution in [2.45, 2.75) is 50.7 Å². The fourth-order valence-electron chi connectivity index (χ4n) is 2.67. The van der Waals surface area contributed by atoms with Crippen LogP contribution in [-0.4, -0.2) is 11.2 Å². The van der Waals surface area contributed by atoms with Crippen LogP contribution in [0.1, 0.15) is 56.2 Å². The van der Waals surface area contributed by atoms with Crippen LogP contribution in [0.4, 0.5) is 0 Å². The molecule has 0 spiro atoms. The van der Waals surface area contributed by atoms with Gasteiger partial charge in [0.25, 0.3) is 5.56 Å². The molecular formula is C14H19NO2. The third kappa shape index (κ3) is 2.16. The number of hydrogen-bond acceptors (Lipinski definition) is 2. The molecule has 1 aromatic heterocycles. The second kappa shape index (κ2) is 4.65. The molecule has 1 saturated carbocycles.